The topological polar surface area (TPSA) is 8.17 Å². The van der Waals surface area contributed by atoms with Crippen LogP contribution in [0.2, 0.25) is 0 Å². The van der Waals surface area contributed by atoms with Crippen LogP contribution in [0, 0.1) is 0 Å². The van der Waals surface area contributed by atoms with Crippen molar-refractivity contribution < 1.29 is 0 Å². The van der Waals surface area contributed by atoms with E-state index in [1.165, 1.54) is 71.5 Å². The fraction of sp³-hybridized carbons (Fsp3) is 0. The van der Waals surface area contributed by atoms with Crippen LogP contribution in [0.4, 0.5) is 17.1 Å². The minimum absolute atomic E-state index is 1.09. The first-order valence-electron chi connectivity index (χ1n) is 20.6. The molecule has 11 rings (SSSR count). The van der Waals surface area contributed by atoms with Crippen molar-refractivity contribution in [1.82, 2.24) is 4.57 Å². The molecule has 0 spiro atoms. The molecule has 0 bridgehead atoms. The Hall–Kier alpha value is -7.94. The zero-order chi connectivity index (χ0) is 39.8. The Morgan fingerprint density at radius 3 is 1.40 bits per heavy atom. The Bertz CT molecular complexity index is 3190. The number of hydrogen-bond acceptors (Lipinski definition) is 1. The maximum atomic E-state index is 2.45. The number of aromatic nitrogens is 1. The smallest absolute Gasteiger partial charge is 0.0547 e. The van der Waals surface area contributed by atoms with Gasteiger partial charge < -0.3 is 9.47 Å². The van der Waals surface area contributed by atoms with Crippen molar-refractivity contribution in [2.45, 2.75) is 0 Å². The van der Waals surface area contributed by atoms with E-state index in [0.29, 0.717) is 0 Å². The van der Waals surface area contributed by atoms with Crippen molar-refractivity contribution in [2.75, 3.05) is 4.90 Å². The van der Waals surface area contributed by atoms with Crippen molar-refractivity contribution >= 4 is 49.6 Å². The van der Waals surface area contributed by atoms with Crippen LogP contribution in [0.15, 0.2) is 243 Å². The van der Waals surface area contributed by atoms with Crippen LogP contribution < -0.4 is 4.90 Å². The highest BCUT2D eigenvalue weighted by Gasteiger charge is 2.19. The van der Waals surface area contributed by atoms with Gasteiger partial charge in [-0.1, -0.05) is 182 Å². The molecule has 0 N–H and O–H groups in total. The van der Waals surface area contributed by atoms with E-state index < -0.39 is 0 Å². The van der Waals surface area contributed by atoms with Crippen LogP contribution in [-0.4, -0.2) is 4.57 Å². The molecule has 0 amide bonds. The van der Waals surface area contributed by atoms with Gasteiger partial charge >= 0.3 is 0 Å². The van der Waals surface area contributed by atoms with Gasteiger partial charge in [-0.15, -0.1) is 0 Å². The standard InChI is InChI=1S/C58H40N2/c1-3-14-41(15-4-1)44-28-34-49(35-29-44)59(50-36-30-45(31-37-50)42-16-5-2-6-17-42)51-38-32-46(33-39-51)52-20-9-11-23-55(52)60-56-24-12-10-21-54(56)58-53(22-13-25-57(58)60)48-27-26-43-18-7-8-19-47(43)40-48/h1-40H. The summed E-state index contributed by atoms with van der Waals surface area (Å²) in [5, 5.41) is 5.01. The van der Waals surface area contributed by atoms with Gasteiger partial charge in [0.2, 0.25) is 0 Å². The van der Waals surface area contributed by atoms with Crippen LogP contribution in [0.3, 0.4) is 0 Å². The maximum absolute atomic E-state index is 2.45. The third kappa shape index (κ3) is 6.32. The second kappa shape index (κ2) is 15.1. The molecular formula is C58H40N2. The van der Waals surface area contributed by atoms with E-state index in [-0.39, 0.29) is 0 Å². The van der Waals surface area contributed by atoms with Crippen LogP contribution in [0.5, 0.6) is 0 Å². The molecule has 2 heteroatoms. The number of hydrogen-bond donors (Lipinski definition) is 0. The Labute approximate surface area is 350 Å². The fourth-order valence-electron chi connectivity index (χ4n) is 8.89. The van der Waals surface area contributed by atoms with Gasteiger partial charge in [0.15, 0.2) is 0 Å². The van der Waals surface area contributed by atoms with Crippen LogP contribution in [0.1, 0.15) is 0 Å². The number of fused-ring (bicyclic) bond motifs is 4. The number of para-hydroxylation sites is 2. The van der Waals surface area contributed by atoms with Gasteiger partial charge in [0.05, 0.1) is 16.7 Å². The number of rotatable bonds is 8. The molecule has 0 radical (unpaired) electrons. The summed E-state index contributed by atoms with van der Waals surface area (Å²) in [6, 6.07) is 87.8. The van der Waals surface area contributed by atoms with Gasteiger partial charge in [-0.25, -0.2) is 0 Å². The molecule has 1 heterocycles. The largest absolute Gasteiger partial charge is 0.311 e. The second-order valence-electron chi connectivity index (χ2n) is 15.3. The zero-order valence-electron chi connectivity index (χ0n) is 33.0. The molecule has 0 atom stereocenters. The maximum Gasteiger partial charge on any atom is 0.0547 e. The lowest BCUT2D eigenvalue weighted by Gasteiger charge is -2.26. The quantitative estimate of drug-likeness (QED) is 0.150. The van der Waals surface area contributed by atoms with Crippen molar-refractivity contribution in [3.05, 3.63) is 243 Å². The summed E-state index contributed by atoms with van der Waals surface area (Å²) >= 11 is 0. The summed E-state index contributed by atoms with van der Waals surface area (Å²) in [6.45, 7) is 0. The minimum Gasteiger partial charge on any atom is -0.311 e. The molecule has 282 valence electrons. The Morgan fingerprint density at radius 1 is 0.283 bits per heavy atom. The van der Waals surface area contributed by atoms with E-state index in [9.17, 15) is 0 Å². The molecular weight excluding hydrogens is 725 g/mol. The molecule has 0 aliphatic carbocycles. The van der Waals surface area contributed by atoms with Gasteiger partial charge in [-0.3, -0.25) is 0 Å². The van der Waals surface area contributed by atoms with Crippen LogP contribution >= 0.6 is 0 Å². The normalized spacial score (nSPS) is 11.3. The van der Waals surface area contributed by atoms with E-state index >= 15 is 0 Å². The minimum atomic E-state index is 1.09. The first-order valence-corrected chi connectivity index (χ1v) is 20.6. The van der Waals surface area contributed by atoms with Crippen molar-refractivity contribution in [2.24, 2.45) is 0 Å². The Morgan fingerprint density at radius 2 is 0.750 bits per heavy atom. The average Bonchev–Trinajstić information content (AvgIpc) is 3.67. The SMILES string of the molecule is c1ccc(-c2ccc(N(c3ccc(-c4ccccc4)cc3)c3ccc(-c4ccccc4-n4c5ccccc5c5c(-c6ccc7ccccc7c6)cccc54)cc3)cc2)cc1. The second-order valence-corrected chi connectivity index (χ2v) is 15.3. The van der Waals surface area contributed by atoms with Crippen molar-refractivity contribution in [1.29, 1.82) is 0 Å². The highest BCUT2D eigenvalue weighted by atomic mass is 15.1. The van der Waals surface area contributed by atoms with Gasteiger partial charge in [0.1, 0.15) is 0 Å². The monoisotopic (exact) mass is 764 g/mol. The highest BCUT2D eigenvalue weighted by molar-refractivity contribution is 6.16. The predicted octanol–water partition coefficient (Wildman–Crippen LogP) is 16.1. The molecule has 1 aromatic heterocycles. The molecule has 0 unspecified atom stereocenters. The molecule has 10 aromatic carbocycles. The molecule has 0 aliphatic heterocycles. The van der Waals surface area contributed by atoms with E-state index in [1.54, 1.807) is 0 Å². The molecule has 60 heavy (non-hydrogen) atoms. The zero-order valence-corrected chi connectivity index (χ0v) is 33.0. The van der Waals surface area contributed by atoms with Gasteiger partial charge in [0.25, 0.3) is 0 Å². The fourth-order valence-corrected chi connectivity index (χ4v) is 8.89. The summed E-state index contributed by atoms with van der Waals surface area (Å²) in [4.78, 5) is 2.35. The van der Waals surface area contributed by atoms with Gasteiger partial charge in [-0.2, -0.15) is 0 Å². The van der Waals surface area contributed by atoms with E-state index in [1.807, 2.05) is 0 Å². The number of benzene rings is 10. The molecule has 0 aliphatic rings. The molecule has 0 fully saturated rings. The number of anilines is 3. The molecule has 0 saturated heterocycles. The third-order valence-electron chi connectivity index (χ3n) is 11.8. The summed E-state index contributed by atoms with van der Waals surface area (Å²) < 4.78 is 2.45. The summed E-state index contributed by atoms with van der Waals surface area (Å²) in [5.41, 5.74) is 16.4. The molecule has 0 saturated carbocycles. The lowest BCUT2D eigenvalue weighted by Crippen LogP contribution is -2.09. The Balaban J connectivity index is 1.01. The van der Waals surface area contributed by atoms with Crippen LogP contribution in [0.25, 0.3) is 82.8 Å². The third-order valence-corrected chi connectivity index (χ3v) is 11.8. The van der Waals surface area contributed by atoms with Gasteiger partial charge in [-0.05, 0) is 110 Å². The predicted molar refractivity (Wildman–Crippen MR) is 255 cm³/mol. The summed E-state index contributed by atoms with van der Waals surface area (Å²) in [7, 11) is 0. The lowest BCUT2D eigenvalue weighted by molar-refractivity contribution is 1.18. The summed E-state index contributed by atoms with van der Waals surface area (Å²) in [5.74, 6) is 0. The van der Waals surface area contributed by atoms with Crippen molar-refractivity contribution in [3.8, 4) is 50.2 Å². The van der Waals surface area contributed by atoms with Gasteiger partial charge in [0, 0.05) is 33.4 Å². The summed E-state index contributed by atoms with van der Waals surface area (Å²) in [6.07, 6.45) is 0. The average molecular weight is 765 g/mol. The van der Waals surface area contributed by atoms with E-state index in [2.05, 4.69) is 252 Å². The van der Waals surface area contributed by atoms with Crippen LogP contribution in [-0.2, 0) is 0 Å². The van der Waals surface area contributed by atoms with Crippen molar-refractivity contribution in [3.63, 3.8) is 0 Å². The van der Waals surface area contributed by atoms with E-state index in [4.69, 9.17) is 0 Å². The number of nitrogens with zero attached hydrogens (tertiary/aromatic N) is 2. The lowest BCUT2D eigenvalue weighted by atomic mass is 9.97. The first-order chi connectivity index (χ1) is 29.8. The highest BCUT2D eigenvalue weighted by Crippen LogP contribution is 2.42. The Kier molecular flexibility index (Phi) is 8.87. The molecule has 2 nitrogen and oxygen atoms in total. The first kappa shape index (κ1) is 35.2. The van der Waals surface area contributed by atoms with E-state index in [0.717, 1.165) is 28.3 Å². The molecule has 11 aromatic rings.